The van der Waals surface area contributed by atoms with Crippen molar-refractivity contribution in [1.82, 2.24) is 9.80 Å². The van der Waals surface area contributed by atoms with Crippen molar-refractivity contribution in [2.24, 2.45) is 0 Å². The Hall–Kier alpha value is -0.610. The predicted molar refractivity (Wildman–Crippen MR) is 64.2 cm³/mol. The molecule has 1 atom stereocenters. The first-order valence-electron chi connectivity index (χ1n) is 6.16. The molecule has 4 nitrogen and oxygen atoms in total. The minimum absolute atomic E-state index is 0.151. The smallest absolute Gasteiger partial charge is 0.254 e. The van der Waals surface area contributed by atoms with Gasteiger partial charge in [0.2, 0.25) is 0 Å². The van der Waals surface area contributed by atoms with Crippen LogP contribution in [0.1, 0.15) is 34.1 Å². The van der Waals surface area contributed by atoms with Gasteiger partial charge in [-0.3, -0.25) is 9.69 Å². The molecule has 0 aliphatic carbocycles. The summed E-state index contributed by atoms with van der Waals surface area (Å²) in [5.41, 5.74) is -1.24. The lowest BCUT2D eigenvalue weighted by Gasteiger charge is -2.28. The molecule has 94 valence electrons. The molecule has 1 aliphatic heterocycles. The number of nitrogens with zero attached hydrogens (tertiary/aromatic N) is 2. The van der Waals surface area contributed by atoms with Crippen LogP contribution in [0.3, 0.4) is 0 Å². The van der Waals surface area contributed by atoms with E-state index in [0.717, 1.165) is 32.6 Å². The van der Waals surface area contributed by atoms with Crippen LogP contribution in [0, 0.1) is 0 Å². The van der Waals surface area contributed by atoms with Crippen molar-refractivity contribution in [2.75, 3.05) is 26.2 Å². The molecule has 1 aliphatic rings. The average Bonchev–Trinajstić information content (AvgIpc) is 2.66. The number of hydrogen-bond donors (Lipinski definition) is 1. The molecule has 16 heavy (non-hydrogen) atoms. The Bertz CT molecular complexity index is 244. The number of carbonyl (C=O) groups is 1. The SMILES string of the molecule is CCN(CC)C1CCN(C(=O)C(C)(C)O)C1. The standard InChI is InChI=1S/C12H24N2O2/c1-5-13(6-2)10-7-8-14(9-10)11(15)12(3,4)16/h10,16H,5-9H2,1-4H3. The summed E-state index contributed by atoms with van der Waals surface area (Å²) in [7, 11) is 0. The van der Waals surface area contributed by atoms with Gasteiger partial charge >= 0.3 is 0 Å². The summed E-state index contributed by atoms with van der Waals surface area (Å²) in [6.45, 7) is 11.0. The lowest BCUT2D eigenvalue weighted by Crippen LogP contribution is -2.45. The lowest BCUT2D eigenvalue weighted by atomic mass is 10.1. The second-order valence-electron chi connectivity index (χ2n) is 4.97. The van der Waals surface area contributed by atoms with Crippen molar-refractivity contribution >= 4 is 5.91 Å². The fraction of sp³-hybridized carbons (Fsp3) is 0.917. The van der Waals surface area contributed by atoms with Gasteiger partial charge in [-0.05, 0) is 33.4 Å². The Labute approximate surface area is 98.2 Å². The molecule has 0 aromatic carbocycles. The molecule has 0 aromatic heterocycles. The van der Waals surface area contributed by atoms with E-state index in [1.54, 1.807) is 18.7 Å². The molecule has 4 heteroatoms. The van der Waals surface area contributed by atoms with Gasteiger partial charge in [0.15, 0.2) is 0 Å². The van der Waals surface area contributed by atoms with Crippen LogP contribution >= 0.6 is 0 Å². The maximum atomic E-state index is 11.9. The van der Waals surface area contributed by atoms with Crippen LogP contribution < -0.4 is 0 Å². The van der Waals surface area contributed by atoms with Crippen LogP contribution in [-0.4, -0.2) is 58.6 Å². The second kappa shape index (κ2) is 5.15. The summed E-state index contributed by atoms with van der Waals surface area (Å²) in [6, 6.07) is 0.460. The fourth-order valence-corrected chi connectivity index (χ4v) is 2.35. The highest BCUT2D eigenvalue weighted by atomic mass is 16.3. The molecule has 0 saturated carbocycles. The topological polar surface area (TPSA) is 43.8 Å². The molecule has 0 bridgehead atoms. The van der Waals surface area contributed by atoms with Crippen molar-refractivity contribution in [2.45, 2.75) is 45.8 Å². The quantitative estimate of drug-likeness (QED) is 0.770. The zero-order valence-electron chi connectivity index (χ0n) is 10.9. The second-order valence-corrected chi connectivity index (χ2v) is 4.97. The molecule has 0 aromatic rings. The number of amides is 1. The van der Waals surface area contributed by atoms with E-state index in [1.807, 2.05) is 0 Å². The van der Waals surface area contributed by atoms with Gasteiger partial charge in [0.25, 0.3) is 5.91 Å². The summed E-state index contributed by atoms with van der Waals surface area (Å²) < 4.78 is 0. The van der Waals surface area contributed by atoms with Gasteiger partial charge in [-0.2, -0.15) is 0 Å². The highest BCUT2D eigenvalue weighted by molar-refractivity contribution is 5.84. The van der Waals surface area contributed by atoms with Gasteiger partial charge in [-0.25, -0.2) is 0 Å². The van der Waals surface area contributed by atoms with Gasteiger partial charge < -0.3 is 10.0 Å². The van der Waals surface area contributed by atoms with Crippen molar-refractivity contribution in [1.29, 1.82) is 0 Å². The monoisotopic (exact) mass is 228 g/mol. The number of aliphatic hydroxyl groups is 1. The van der Waals surface area contributed by atoms with E-state index >= 15 is 0 Å². The van der Waals surface area contributed by atoms with Crippen LogP contribution in [0.25, 0.3) is 0 Å². The first kappa shape index (κ1) is 13.5. The number of likely N-dealkylation sites (tertiary alicyclic amines) is 1. The molecule has 1 rings (SSSR count). The lowest BCUT2D eigenvalue weighted by molar-refractivity contribution is -0.146. The molecule has 1 amide bonds. The van der Waals surface area contributed by atoms with E-state index < -0.39 is 5.60 Å². The minimum atomic E-state index is -1.24. The van der Waals surface area contributed by atoms with Gasteiger partial charge in [-0.1, -0.05) is 13.8 Å². The molecule has 1 heterocycles. The van der Waals surface area contributed by atoms with Crippen molar-refractivity contribution < 1.29 is 9.90 Å². The van der Waals surface area contributed by atoms with E-state index in [0.29, 0.717) is 6.04 Å². The number of hydrogen-bond acceptors (Lipinski definition) is 3. The van der Waals surface area contributed by atoms with E-state index in [-0.39, 0.29) is 5.91 Å². The van der Waals surface area contributed by atoms with Crippen LogP contribution in [0.5, 0.6) is 0 Å². The van der Waals surface area contributed by atoms with E-state index in [9.17, 15) is 9.90 Å². The van der Waals surface area contributed by atoms with Crippen LogP contribution in [0.15, 0.2) is 0 Å². The Morgan fingerprint density at radius 3 is 2.44 bits per heavy atom. The van der Waals surface area contributed by atoms with Crippen LogP contribution in [0.4, 0.5) is 0 Å². The highest BCUT2D eigenvalue weighted by Crippen LogP contribution is 2.18. The van der Waals surface area contributed by atoms with E-state index in [4.69, 9.17) is 0 Å². The Balaban J connectivity index is 2.56. The summed E-state index contributed by atoms with van der Waals surface area (Å²) in [5.74, 6) is -0.151. The average molecular weight is 228 g/mol. The largest absolute Gasteiger partial charge is 0.381 e. The normalized spacial score (nSPS) is 21.9. The van der Waals surface area contributed by atoms with Crippen molar-refractivity contribution in [3.63, 3.8) is 0 Å². The Morgan fingerprint density at radius 2 is 2.00 bits per heavy atom. The zero-order chi connectivity index (χ0) is 12.3. The molecule has 1 saturated heterocycles. The summed E-state index contributed by atoms with van der Waals surface area (Å²) in [5, 5.41) is 9.68. The number of likely N-dealkylation sites (N-methyl/N-ethyl adjacent to an activating group) is 1. The number of rotatable bonds is 4. The first-order chi connectivity index (χ1) is 7.40. The van der Waals surface area contributed by atoms with Crippen molar-refractivity contribution in [3.8, 4) is 0 Å². The van der Waals surface area contributed by atoms with E-state index in [1.165, 1.54) is 0 Å². The summed E-state index contributed by atoms with van der Waals surface area (Å²) in [4.78, 5) is 16.0. The maximum absolute atomic E-state index is 11.9. The van der Waals surface area contributed by atoms with Crippen molar-refractivity contribution in [3.05, 3.63) is 0 Å². The summed E-state index contributed by atoms with van der Waals surface area (Å²) >= 11 is 0. The molecule has 1 unspecified atom stereocenters. The highest BCUT2D eigenvalue weighted by Gasteiger charge is 2.35. The van der Waals surface area contributed by atoms with Gasteiger partial charge in [0, 0.05) is 19.1 Å². The third-order valence-electron chi connectivity index (χ3n) is 3.30. The fourth-order valence-electron chi connectivity index (χ4n) is 2.35. The molecular formula is C12H24N2O2. The van der Waals surface area contributed by atoms with Gasteiger partial charge in [0.05, 0.1) is 0 Å². The zero-order valence-corrected chi connectivity index (χ0v) is 10.9. The van der Waals surface area contributed by atoms with E-state index in [2.05, 4.69) is 18.7 Å². The molecule has 1 fully saturated rings. The minimum Gasteiger partial charge on any atom is -0.381 e. The molecule has 0 radical (unpaired) electrons. The maximum Gasteiger partial charge on any atom is 0.254 e. The molecule has 0 spiro atoms. The number of carbonyl (C=O) groups excluding carboxylic acids is 1. The third-order valence-corrected chi connectivity index (χ3v) is 3.30. The van der Waals surface area contributed by atoms with Crippen LogP contribution in [-0.2, 0) is 4.79 Å². The first-order valence-corrected chi connectivity index (χ1v) is 6.16. The Kier molecular flexibility index (Phi) is 4.33. The molecular weight excluding hydrogens is 204 g/mol. The summed E-state index contributed by atoms with van der Waals surface area (Å²) in [6.07, 6.45) is 1.02. The Morgan fingerprint density at radius 1 is 1.44 bits per heavy atom. The van der Waals surface area contributed by atoms with Gasteiger partial charge in [-0.15, -0.1) is 0 Å². The molecule has 1 N–H and O–H groups in total. The van der Waals surface area contributed by atoms with Crippen LogP contribution in [0.2, 0.25) is 0 Å². The van der Waals surface area contributed by atoms with Gasteiger partial charge in [0.1, 0.15) is 5.60 Å². The third kappa shape index (κ3) is 2.95. The predicted octanol–water partition coefficient (Wildman–Crippen LogP) is 0.700.